The van der Waals surface area contributed by atoms with Gasteiger partial charge in [0.05, 0.1) is 29.5 Å². The van der Waals surface area contributed by atoms with Gasteiger partial charge in [0.2, 0.25) is 0 Å². The van der Waals surface area contributed by atoms with Crippen molar-refractivity contribution in [3.63, 3.8) is 0 Å². The van der Waals surface area contributed by atoms with E-state index in [1.54, 1.807) is 54.7 Å². The lowest BCUT2D eigenvalue weighted by Crippen LogP contribution is -2.48. The monoisotopic (exact) mass is 421 g/mol. The van der Waals surface area contributed by atoms with E-state index in [2.05, 4.69) is 27.1 Å². The second kappa shape index (κ2) is 7.86. The molecule has 2 aliphatic rings. The molecule has 2 fully saturated rings. The van der Waals surface area contributed by atoms with Crippen LogP contribution < -0.4 is 5.32 Å². The van der Waals surface area contributed by atoms with Gasteiger partial charge in [-0.1, -0.05) is 6.58 Å². The van der Waals surface area contributed by atoms with Crippen molar-refractivity contribution >= 4 is 5.57 Å². The van der Waals surface area contributed by atoms with Gasteiger partial charge in [-0.25, -0.2) is 9.37 Å². The average molecular weight is 421 g/mol. The zero-order valence-corrected chi connectivity index (χ0v) is 17.1. The molecular weight excluding hydrogens is 397 g/mol. The van der Waals surface area contributed by atoms with Crippen LogP contribution in [0.25, 0.3) is 22.5 Å². The number of nitrogens with zero attached hydrogens (tertiary/aromatic N) is 4. The summed E-state index contributed by atoms with van der Waals surface area (Å²) < 4.78 is 22.4. The standard InChI is InChI=1S/C23H24FN5O2/c1-13(16-10-19-22(31-2)11-20(26-19)23(16)24)17-5-6-18(28-27-17)15-4-3-14(9-21(15)30)29-8-7-25-12-29/h3-9,12,16,19-20,22-23,26,30H,1,10-11H2,2H3/t16-,19?,20?,22+,23-/m0/s1. The smallest absolute Gasteiger partial charge is 0.127 e. The van der Waals surface area contributed by atoms with Crippen molar-refractivity contribution in [2.75, 3.05) is 7.11 Å². The number of aromatic nitrogens is 4. The van der Waals surface area contributed by atoms with E-state index in [-0.39, 0.29) is 29.9 Å². The second-order valence-electron chi connectivity index (χ2n) is 8.18. The number of phenols is 1. The van der Waals surface area contributed by atoms with Crippen LogP contribution in [0.15, 0.2) is 55.6 Å². The van der Waals surface area contributed by atoms with Crippen molar-refractivity contribution in [2.24, 2.45) is 5.92 Å². The van der Waals surface area contributed by atoms with Gasteiger partial charge in [-0.15, -0.1) is 5.10 Å². The number of nitrogens with one attached hydrogen (secondary N) is 1. The van der Waals surface area contributed by atoms with E-state index in [0.29, 0.717) is 35.4 Å². The Hall–Kier alpha value is -3.10. The Balaban J connectivity index is 1.35. The molecule has 3 aromatic rings. The minimum Gasteiger partial charge on any atom is -0.507 e. The molecule has 2 bridgehead atoms. The summed E-state index contributed by atoms with van der Waals surface area (Å²) in [5, 5.41) is 22.4. The molecular formula is C23H24FN5O2. The summed E-state index contributed by atoms with van der Waals surface area (Å²) >= 11 is 0. The van der Waals surface area contributed by atoms with Gasteiger partial charge in [0, 0.05) is 49.1 Å². The lowest BCUT2D eigenvalue weighted by molar-refractivity contribution is 0.0864. The van der Waals surface area contributed by atoms with Crippen LogP contribution >= 0.6 is 0 Å². The van der Waals surface area contributed by atoms with Crippen LogP contribution in [0.1, 0.15) is 18.5 Å². The molecule has 0 amide bonds. The maximum atomic E-state index is 15.1. The van der Waals surface area contributed by atoms with E-state index in [1.165, 1.54) is 0 Å². The topological polar surface area (TPSA) is 85.1 Å². The number of benzene rings is 1. The van der Waals surface area contributed by atoms with E-state index in [4.69, 9.17) is 4.74 Å². The normalized spacial score (nSPS) is 27.4. The average Bonchev–Trinajstić information content (AvgIpc) is 3.44. The van der Waals surface area contributed by atoms with Gasteiger partial charge in [-0.2, -0.15) is 5.10 Å². The molecule has 2 N–H and O–H groups in total. The van der Waals surface area contributed by atoms with Crippen LogP contribution in [0, 0.1) is 5.92 Å². The highest BCUT2D eigenvalue weighted by molar-refractivity contribution is 5.70. The van der Waals surface area contributed by atoms with Gasteiger partial charge in [0.1, 0.15) is 11.9 Å². The Morgan fingerprint density at radius 1 is 1.23 bits per heavy atom. The number of halogens is 1. The van der Waals surface area contributed by atoms with E-state index in [0.717, 1.165) is 5.69 Å². The number of methoxy groups -OCH3 is 1. The third kappa shape index (κ3) is 3.51. The number of ether oxygens (including phenoxy) is 1. The first-order valence-corrected chi connectivity index (χ1v) is 10.3. The van der Waals surface area contributed by atoms with Gasteiger partial charge in [-0.05, 0) is 42.7 Å². The molecule has 4 heterocycles. The van der Waals surface area contributed by atoms with Gasteiger partial charge < -0.3 is 19.7 Å². The number of imidazole rings is 1. The summed E-state index contributed by atoms with van der Waals surface area (Å²) in [6.07, 6.45) is 5.42. The van der Waals surface area contributed by atoms with Crippen molar-refractivity contribution in [3.05, 3.63) is 61.3 Å². The third-order valence-electron chi connectivity index (χ3n) is 6.44. The Labute approximate surface area is 179 Å². The number of allylic oxidation sites excluding steroid dienone is 1. The van der Waals surface area contributed by atoms with Crippen LogP contribution in [0.3, 0.4) is 0 Å². The van der Waals surface area contributed by atoms with Crippen molar-refractivity contribution in [1.29, 1.82) is 0 Å². The van der Waals surface area contributed by atoms with Crippen LogP contribution in [-0.4, -0.2) is 56.3 Å². The van der Waals surface area contributed by atoms with Gasteiger partial charge in [0.15, 0.2) is 0 Å². The zero-order chi connectivity index (χ0) is 21.5. The molecule has 1 aromatic carbocycles. The molecule has 0 saturated carbocycles. The van der Waals surface area contributed by atoms with Crippen LogP contribution in [0.4, 0.5) is 4.39 Å². The number of fused-ring (bicyclic) bond motifs is 2. The molecule has 0 aliphatic carbocycles. The highest BCUT2D eigenvalue weighted by atomic mass is 19.1. The van der Waals surface area contributed by atoms with Gasteiger partial charge in [-0.3, -0.25) is 0 Å². The number of aromatic hydroxyl groups is 1. The number of hydrogen-bond donors (Lipinski definition) is 2. The first-order chi connectivity index (χ1) is 15.0. The fraction of sp³-hybridized carbons (Fsp3) is 0.348. The molecule has 5 atom stereocenters. The number of alkyl halides is 1. The first-order valence-electron chi connectivity index (χ1n) is 10.3. The number of piperidine rings is 1. The summed E-state index contributed by atoms with van der Waals surface area (Å²) in [5.74, 6) is -0.226. The number of phenolic OH excluding ortho intramolecular Hbond substituents is 1. The fourth-order valence-corrected chi connectivity index (χ4v) is 4.73. The SMILES string of the molecule is C=C(c1ccc(-c2ccc(-n3ccnc3)cc2O)nn1)[C@@H]1CC2NC(C[C@H]2OC)[C@H]1F. The van der Waals surface area contributed by atoms with Crippen LogP contribution in [-0.2, 0) is 4.74 Å². The minimum absolute atomic E-state index is 0.0304. The maximum Gasteiger partial charge on any atom is 0.127 e. The van der Waals surface area contributed by atoms with E-state index in [1.807, 2.05) is 6.07 Å². The molecule has 0 spiro atoms. The lowest BCUT2D eigenvalue weighted by Gasteiger charge is -2.34. The molecule has 0 radical (unpaired) electrons. The first kappa shape index (κ1) is 19.8. The lowest BCUT2D eigenvalue weighted by atomic mass is 9.83. The van der Waals surface area contributed by atoms with Crippen molar-refractivity contribution in [2.45, 2.75) is 37.2 Å². The van der Waals surface area contributed by atoms with Crippen LogP contribution in [0.5, 0.6) is 5.75 Å². The summed E-state index contributed by atoms with van der Waals surface area (Å²) in [6, 6.07) is 8.78. The predicted molar refractivity (Wildman–Crippen MR) is 114 cm³/mol. The Kier molecular flexibility index (Phi) is 5.03. The summed E-state index contributed by atoms with van der Waals surface area (Å²) in [7, 11) is 1.67. The van der Waals surface area contributed by atoms with Gasteiger partial charge >= 0.3 is 0 Å². The molecule has 2 saturated heterocycles. The Morgan fingerprint density at radius 3 is 2.77 bits per heavy atom. The third-order valence-corrected chi connectivity index (χ3v) is 6.44. The molecule has 31 heavy (non-hydrogen) atoms. The zero-order valence-electron chi connectivity index (χ0n) is 17.1. The summed E-state index contributed by atoms with van der Waals surface area (Å²) in [5.41, 5.74) is 3.12. The minimum atomic E-state index is -1.04. The summed E-state index contributed by atoms with van der Waals surface area (Å²) in [4.78, 5) is 4.01. The fourth-order valence-electron chi connectivity index (χ4n) is 4.73. The highest BCUT2D eigenvalue weighted by Gasteiger charge is 2.48. The molecule has 7 nitrogen and oxygen atoms in total. The highest BCUT2D eigenvalue weighted by Crippen LogP contribution is 2.40. The maximum absolute atomic E-state index is 15.1. The number of hydrogen-bond acceptors (Lipinski definition) is 6. The Bertz CT molecular complexity index is 1090. The van der Waals surface area contributed by atoms with E-state index < -0.39 is 6.17 Å². The summed E-state index contributed by atoms with van der Waals surface area (Å²) in [6.45, 7) is 4.14. The van der Waals surface area contributed by atoms with Crippen molar-refractivity contribution in [1.82, 2.24) is 25.1 Å². The molecule has 160 valence electrons. The quantitative estimate of drug-likeness (QED) is 0.658. The Morgan fingerprint density at radius 2 is 2.10 bits per heavy atom. The van der Waals surface area contributed by atoms with Crippen LogP contribution in [0.2, 0.25) is 0 Å². The number of rotatable bonds is 5. The van der Waals surface area contributed by atoms with Gasteiger partial charge in [0.25, 0.3) is 0 Å². The second-order valence-corrected chi connectivity index (χ2v) is 8.18. The molecule has 8 heteroatoms. The molecule has 5 rings (SSSR count). The molecule has 2 aliphatic heterocycles. The largest absolute Gasteiger partial charge is 0.507 e. The van der Waals surface area contributed by atoms with E-state index in [9.17, 15) is 5.11 Å². The van der Waals surface area contributed by atoms with E-state index >= 15 is 4.39 Å². The van der Waals surface area contributed by atoms with Crippen molar-refractivity contribution in [3.8, 4) is 22.7 Å². The molecule has 2 unspecified atom stereocenters. The van der Waals surface area contributed by atoms with Crippen molar-refractivity contribution < 1.29 is 14.2 Å². The molecule has 2 aromatic heterocycles. The predicted octanol–water partition coefficient (Wildman–Crippen LogP) is 3.15.